The monoisotopic (exact) mass is 294 g/mol. The highest BCUT2D eigenvalue weighted by Crippen LogP contribution is 2.34. The number of pyridine rings is 1. The topological polar surface area (TPSA) is 71.9 Å². The van der Waals surface area contributed by atoms with Crippen molar-refractivity contribution in [2.45, 2.75) is 26.3 Å². The molecule has 0 unspecified atom stereocenters. The number of nitrogens with zero attached hydrogens (tertiary/aromatic N) is 2. The Bertz CT molecular complexity index is 510. The fourth-order valence-electron chi connectivity index (χ4n) is 2.59. The largest absolute Gasteiger partial charge is 0.493 e. The average molecular weight is 294 g/mol. The van der Waals surface area contributed by atoms with Gasteiger partial charge < -0.3 is 14.6 Å². The highest BCUT2D eigenvalue weighted by Gasteiger charge is 2.37. The van der Waals surface area contributed by atoms with Crippen molar-refractivity contribution in [3.05, 3.63) is 18.0 Å². The van der Waals surface area contributed by atoms with E-state index in [-0.39, 0.29) is 0 Å². The maximum absolute atomic E-state index is 11.3. The van der Waals surface area contributed by atoms with Crippen LogP contribution in [0.15, 0.2) is 12.3 Å². The van der Waals surface area contributed by atoms with Gasteiger partial charge in [-0.2, -0.15) is 0 Å². The second-order valence-corrected chi connectivity index (χ2v) is 5.64. The molecule has 0 amide bonds. The number of carboxylic acids is 1. The number of ether oxygens (including phenoxy) is 2. The van der Waals surface area contributed by atoms with E-state index in [1.807, 2.05) is 6.92 Å². The normalized spacial score (nSPS) is 18.2. The summed E-state index contributed by atoms with van der Waals surface area (Å²) < 4.78 is 10.6. The van der Waals surface area contributed by atoms with E-state index < -0.39 is 11.4 Å². The molecule has 2 rings (SSSR count). The number of carbonyl (C=O) groups is 1. The first-order valence-electron chi connectivity index (χ1n) is 7.02. The maximum Gasteiger partial charge on any atom is 0.309 e. The number of rotatable bonds is 5. The van der Waals surface area contributed by atoms with Crippen LogP contribution in [0.4, 0.5) is 0 Å². The van der Waals surface area contributed by atoms with Crippen LogP contribution in [0, 0.1) is 5.41 Å². The molecule has 1 N–H and O–H groups in total. The van der Waals surface area contributed by atoms with E-state index >= 15 is 0 Å². The first kappa shape index (κ1) is 15.6. The minimum absolute atomic E-state index is 0.609. The molecule has 1 fully saturated rings. The van der Waals surface area contributed by atoms with E-state index in [2.05, 4.69) is 9.88 Å². The summed E-state index contributed by atoms with van der Waals surface area (Å²) in [7, 11) is 3.20. The first-order chi connectivity index (χ1) is 10.00. The Morgan fingerprint density at radius 1 is 1.38 bits per heavy atom. The number of methoxy groups -OCH3 is 2. The van der Waals surface area contributed by atoms with Gasteiger partial charge in [0.2, 0.25) is 0 Å². The van der Waals surface area contributed by atoms with Crippen molar-refractivity contribution in [3.8, 4) is 11.5 Å². The van der Waals surface area contributed by atoms with Crippen LogP contribution >= 0.6 is 0 Å². The number of likely N-dealkylation sites (tertiary alicyclic amines) is 1. The standard InChI is InChI=1S/C15H22N2O4/c1-15(14(18)19)5-8-17(9-6-15)10-11-13(21-3)12(20-2)4-7-16-11/h4,7H,5-6,8-10H2,1-3H3,(H,18,19). The Morgan fingerprint density at radius 2 is 2.05 bits per heavy atom. The van der Waals surface area contributed by atoms with Crippen molar-refractivity contribution in [1.82, 2.24) is 9.88 Å². The van der Waals surface area contributed by atoms with Crippen LogP contribution in [0.3, 0.4) is 0 Å². The number of piperidine rings is 1. The van der Waals surface area contributed by atoms with Gasteiger partial charge in [0.15, 0.2) is 11.5 Å². The van der Waals surface area contributed by atoms with E-state index in [0.29, 0.717) is 30.9 Å². The van der Waals surface area contributed by atoms with Crippen LogP contribution < -0.4 is 9.47 Å². The zero-order valence-electron chi connectivity index (χ0n) is 12.8. The molecule has 1 aromatic rings. The third-order valence-corrected chi connectivity index (χ3v) is 4.22. The third-order valence-electron chi connectivity index (χ3n) is 4.22. The molecule has 1 aliphatic heterocycles. The van der Waals surface area contributed by atoms with E-state index in [0.717, 1.165) is 18.8 Å². The van der Waals surface area contributed by atoms with E-state index in [1.54, 1.807) is 26.5 Å². The summed E-state index contributed by atoms with van der Waals surface area (Å²) in [6, 6.07) is 1.76. The van der Waals surface area contributed by atoms with Crippen LogP contribution in [0.1, 0.15) is 25.5 Å². The quantitative estimate of drug-likeness (QED) is 0.892. The SMILES string of the molecule is COc1ccnc(CN2CCC(C)(C(=O)O)CC2)c1OC. The maximum atomic E-state index is 11.3. The van der Waals surface area contributed by atoms with Gasteiger partial charge in [-0.3, -0.25) is 14.7 Å². The second-order valence-electron chi connectivity index (χ2n) is 5.64. The Hall–Kier alpha value is -1.82. The molecule has 6 nitrogen and oxygen atoms in total. The van der Waals surface area contributed by atoms with Crippen LogP contribution in [-0.2, 0) is 11.3 Å². The molecule has 1 aromatic heterocycles. The molecule has 2 heterocycles. The van der Waals surface area contributed by atoms with E-state index in [9.17, 15) is 9.90 Å². The van der Waals surface area contributed by atoms with Crippen LogP contribution in [0.2, 0.25) is 0 Å². The number of hydrogen-bond donors (Lipinski definition) is 1. The van der Waals surface area contributed by atoms with Crippen LogP contribution in [-0.4, -0.2) is 48.3 Å². The van der Waals surface area contributed by atoms with Gasteiger partial charge in [-0.25, -0.2) is 0 Å². The summed E-state index contributed by atoms with van der Waals surface area (Å²) in [5.41, 5.74) is 0.207. The van der Waals surface area contributed by atoms with Crippen LogP contribution in [0.25, 0.3) is 0 Å². The smallest absolute Gasteiger partial charge is 0.309 e. The van der Waals surface area contributed by atoms with Gasteiger partial charge >= 0.3 is 5.97 Å². The van der Waals surface area contributed by atoms with Crippen molar-refractivity contribution in [2.24, 2.45) is 5.41 Å². The number of aliphatic carboxylic acids is 1. The molecule has 0 atom stereocenters. The number of carboxylic acid groups (broad SMARTS) is 1. The van der Waals surface area contributed by atoms with Gasteiger partial charge in [-0.1, -0.05) is 0 Å². The molecule has 0 radical (unpaired) electrons. The fraction of sp³-hybridized carbons (Fsp3) is 0.600. The minimum atomic E-state index is -0.709. The van der Waals surface area contributed by atoms with Gasteiger partial charge in [-0.05, 0) is 32.9 Å². The van der Waals surface area contributed by atoms with E-state index in [1.165, 1.54) is 0 Å². The lowest BCUT2D eigenvalue weighted by Crippen LogP contribution is -2.42. The molecule has 1 saturated heterocycles. The predicted octanol–water partition coefficient (Wildman–Crippen LogP) is 1.79. The van der Waals surface area contributed by atoms with Gasteiger partial charge in [-0.15, -0.1) is 0 Å². The summed E-state index contributed by atoms with van der Waals surface area (Å²) >= 11 is 0. The van der Waals surface area contributed by atoms with Crippen molar-refractivity contribution < 1.29 is 19.4 Å². The molecule has 0 aliphatic carbocycles. The van der Waals surface area contributed by atoms with Gasteiger partial charge in [0.25, 0.3) is 0 Å². The Labute approximate surface area is 124 Å². The summed E-state index contributed by atoms with van der Waals surface area (Å²) in [5.74, 6) is 0.598. The molecule has 6 heteroatoms. The predicted molar refractivity (Wildman–Crippen MR) is 77.6 cm³/mol. The Kier molecular flexibility index (Phi) is 4.67. The number of hydrogen-bond acceptors (Lipinski definition) is 5. The molecule has 0 bridgehead atoms. The molecule has 0 spiro atoms. The zero-order valence-corrected chi connectivity index (χ0v) is 12.8. The van der Waals surface area contributed by atoms with Crippen LogP contribution in [0.5, 0.6) is 11.5 Å². The molecule has 21 heavy (non-hydrogen) atoms. The average Bonchev–Trinajstić information content (AvgIpc) is 2.49. The van der Waals surface area contributed by atoms with Gasteiger partial charge in [0, 0.05) is 18.8 Å². The molecule has 0 aromatic carbocycles. The fourth-order valence-corrected chi connectivity index (χ4v) is 2.59. The van der Waals surface area contributed by atoms with Crippen molar-refractivity contribution in [3.63, 3.8) is 0 Å². The van der Waals surface area contributed by atoms with Gasteiger partial charge in [0.1, 0.15) is 5.69 Å². The molecule has 1 aliphatic rings. The second kappa shape index (κ2) is 6.30. The van der Waals surface area contributed by atoms with Gasteiger partial charge in [0.05, 0.1) is 19.6 Å². The molecular weight excluding hydrogens is 272 g/mol. The summed E-state index contributed by atoms with van der Waals surface area (Å²) in [6.45, 7) is 3.93. The summed E-state index contributed by atoms with van der Waals surface area (Å²) in [4.78, 5) is 17.8. The highest BCUT2D eigenvalue weighted by molar-refractivity contribution is 5.74. The van der Waals surface area contributed by atoms with Crippen molar-refractivity contribution >= 4 is 5.97 Å². The lowest BCUT2D eigenvalue weighted by atomic mass is 9.80. The van der Waals surface area contributed by atoms with Crippen molar-refractivity contribution in [1.29, 1.82) is 0 Å². The Balaban J connectivity index is 2.06. The molecule has 0 saturated carbocycles. The van der Waals surface area contributed by atoms with E-state index in [4.69, 9.17) is 9.47 Å². The summed E-state index contributed by atoms with van der Waals surface area (Å²) in [6.07, 6.45) is 2.99. The number of aromatic nitrogens is 1. The lowest BCUT2D eigenvalue weighted by Gasteiger charge is -2.36. The Morgan fingerprint density at radius 3 is 2.57 bits per heavy atom. The minimum Gasteiger partial charge on any atom is -0.493 e. The lowest BCUT2D eigenvalue weighted by molar-refractivity contribution is -0.150. The molecular formula is C15H22N2O4. The summed E-state index contributed by atoms with van der Waals surface area (Å²) in [5, 5.41) is 9.26. The highest BCUT2D eigenvalue weighted by atomic mass is 16.5. The zero-order chi connectivity index (χ0) is 15.5. The first-order valence-corrected chi connectivity index (χ1v) is 7.02. The van der Waals surface area contributed by atoms with Crippen molar-refractivity contribution in [2.75, 3.05) is 27.3 Å². The third kappa shape index (κ3) is 3.26. The molecule has 116 valence electrons.